The topological polar surface area (TPSA) is 29.3 Å². The zero-order valence-corrected chi connectivity index (χ0v) is 11.9. The first kappa shape index (κ1) is 12.9. The van der Waals surface area contributed by atoms with Gasteiger partial charge in [0.15, 0.2) is 0 Å². The van der Waals surface area contributed by atoms with Gasteiger partial charge in [-0.2, -0.15) is 5.10 Å². The fourth-order valence-electron chi connectivity index (χ4n) is 2.67. The Hall–Kier alpha value is -2.13. The first-order valence-corrected chi connectivity index (χ1v) is 7.02. The quantitative estimate of drug-likeness (QED) is 0.785. The molecule has 0 saturated carbocycles. The van der Waals surface area contributed by atoms with Crippen LogP contribution in [0.4, 0.5) is 0 Å². The minimum atomic E-state index is 0.168. The number of aryl methyl sites for hydroxylation is 1. The average Bonchev–Trinajstić information content (AvgIpc) is 2.93. The van der Waals surface area contributed by atoms with Gasteiger partial charge in [-0.1, -0.05) is 37.3 Å². The highest BCUT2D eigenvalue weighted by atomic mass is 15.2. The Labute approximate surface area is 119 Å². The third kappa shape index (κ3) is 2.21. The number of nitrogens with zero attached hydrogens (tertiary/aromatic N) is 2. The highest BCUT2D eigenvalue weighted by Gasteiger charge is 2.16. The molecule has 1 N–H and O–H groups in total. The zero-order chi connectivity index (χ0) is 13.9. The third-order valence-electron chi connectivity index (χ3n) is 3.75. The van der Waals surface area contributed by atoms with Crippen molar-refractivity contribution < 1.29 is 0 Å². The highest BCUT2D eigenvalue weighted by molar-refractivity contribution is 5.57. The molecule has 1 unspecified atom stereocenters. The molecule has 0 aliphatic carbocycles. The van der Waals surface area contributed by atoms with Gasteiger partial charge in [0, 0.05) is 11.8 Å². The number of pyridine rings is 1. The van der Waals surface area contributed by atoms with Gasteiger partial charge in [-0.25, -0.2) is 4.52 Å². The Morgan fingerprint density at radius 1 is 1.20 bits per heavy atom. The number of hydrogen-bond acceptors (Lipinski definition) is 2. The van der Waals surface area contributed by atoms with Crippen LogP contribution in [0.15, 0.2) is 54.9 Å². The van der Waals surface area contributed by atoms with E-state index in [4.69, 9.17) is 0 Å². The molecule has 1 aromatic carbocycles. The predicted molar refractivity (Wildman–Crippen MR) is 81.9 cm³/mol. The van der Waals surface area contributed by atoms with Crippen LogP contribution in [0.1, 0.15) is 29.7 Å². The van der Waals surface area contributed by atoms with Crippen LogP contribution in [-0.2, 0) is 6.42 Å². The van der Waals surface area contributed by atoms with E-state index in [0.29, 0.717) is 0 Å². The molecule has 0 fully saturated rings. The predicted octanol–water partition coefficient (Wildman–Crippen LogP) is 3.21. The van der Waals surface area contributed by atoms with E-state index in [0.717, 1.165) is 11.9 Å². The maximum atomic E-state index is 4.43. The Bertz CT molecular complexity index is 715. The lowest BCUT2D eigenvalue weighted by atomic mass is 9.97. The molecule has 0 radical (unpaired) electrons. The van der Waals surface area contributed by atoms with Crippen LogP contribution in [0.25, 0.3) is 5.52 Å². The van der Waals surface area contributed by atoms with Crippen LogP contribution in [0.3, 0.4) is 0 Å². The molecule has 3 rings (SSSR count). The van der Waals surface area contributed by atoms with E-state index in [1.807, 2.05) is 30.0 Å². The Balaban J connectivity index is 2.09. The molecule has 102 valence electrons. The molecule has 20 heavy (non-hydrogen) atoms. The maximum absolute atomic E-state index is 4.43. The van der Waals surface area contributed by atoms with Gasteiger partial charge < -0.3 is 5.32 Å². The number of benzene rings is 1. The summed E-state index contributed by atoms with van der Waals surface area (Å²) in [5.74, 6) is 0. The summed E-state index contributed by atoms with van der Waals surface area (Å²) in [7, 11) is 2.00. The molecule has 0 aliphatic heterocycles. The summed E-state index contributed by atoms with van der Waals surface area (Å²) in [5.41, 5.74) is 5.00. The lowest BCUT2D eigenvalue weighted by Crippen LogP contribution is -2.17. The van der Waals surface area contributed by atoms with Gasteiger partial charge in [0.1, 0.15) is 0 Å². The first-order chi connectivity index (χ1) is 9.83. The van der Waals surface area contributed by atoms with E-state index in [2.05, 4.69) is 53.7 Å². The van der Waals surface area contributed by atoms with Crippen molar-refractivity contribution in [3.8, 4) is 0 Å². The number of fused-ring (bicyclic) bond motifs is 1. The van der Waals surface area contributed by atoms with E-state index in [9.17, 15) is 0 Å². The van der Waals surface area contributed by atoms with Crippen molar-refractivity contribution in [2.24, 2.45) is 0 Å². The van der Waals surface area contributed by atoms with E-state index < -0.39 is 0 Å². The second-order valence-electron chi connectivity index (χ2n) is 4.95. The molecule has 0 bridgehead atoms. The number of aromatic nitrogens is 2. The van der Waals surface area contributed by atoms with Crippen molar-refractivity contribution in [3.05, 3.63) is 71.5 Å². The van der Waals surface area contributed by atoms with Crippen molar-refractivity contribution in [2.45, 2.75) is 19.4 Å². The van der Waals surface area contributed by atoms with Crippen molar-refractivity contribution in [3.63, 3.8) is 0 Å². The highest BCUT2D eigenvalue weighted by Crippen LogP contribution is 2.26. The van der Waals surface area contributed by atoms with E-state index in [-0.39, 0.29) is 6.04 Å². The summed E-state index contributed by atoms with van der Waals surface area (Å²) >= 11 is 0. The van der Waals surface area contributed by atoms with Gasteiger partial charge >= 0.3 is 0 Å². The molecule has 3 aromatic rings. The van der Waals surface area contributed by atoms with Crippen molar-refractivity contribution >= 4 is 5.52 Å². The Morgan fingerprint density at radius 2 is 2.10 bits per heavy atom. The Morgan fingerprint density at radius 3 is 2.90 bits per heavy atom. The van der Waals surface area contributed by atoms with Crippen LogP contribution >= 0.6 is 0 Å². The first-order valence-electron chi connectivity index (χ1n) is 7.02. The van der Waals surface area contributed by atoms with Crippen LogP contribution in [0.5, 0.6) is 0 Å². The zero-order valence-electron chi connectivity index (χ0n) is 11.9. The monoisotopic (exact) mass is 265 g/mol. The fourth-order valence-corrected chi connectivity index (χ4v) is 2.67. The molecule has 0 saturated heterocycles. The summed E-state index contributed by atoms with van der Waals surface area (Å²) in [5, 5.41) is 7.84. The van der Waals surface area contributed by atoms with E-state index in [1.54, 1.807) is 0 Å². The maximum Gasteiger partial charge on any atom is 0.0712 e. The third-order valence-corrected chi connectivity index (χ3v) is 3.75. The fraction of sp³-hybridized carbons (Fsp3) is 0.235. The molecule has 0 amide bonds. The molecule has 0 spiro atoms. The smallest absolute Gasteiger partial charge is 0.0712 e. The molecular formula is C17H19N3. The molecule has 1 atom stereocenters. The van der Waals surface area contributed by atoms with Crippen molar-refractivity contribution in [1.82, 2.24) is 14.9 Å². The van der Waals surface area contributed by atoms with Crippen LogP contribution in [0.2, 0.25) is 0 Å². The normalized spacial score (nSPS) is 12.7. The summed E-state index contributed by atoms with van der Waals surface area (Å²) < 4.78 is 1.92. The van der Waals surface area contributed by atoms with Gasteiger partial charge in [-0.15, -0.1) is 0 Å². The summed E-state index contributed by atoms with van der Waals surface area (Å²) in [4.78, 5) is 0. The number of hydrogen-bond donors (Lipinski definition) is 1. The summed E-state index contributed by atoms with van der Waals surface area (Å²) in [6.45, 7) is 2.18. The van der Waals surface area contributed by atoms with Crippen molar-refractivity contribution in [2.75, 3.05) is 7.05 Å². The molecular weight excluding hydrogens is 246 g/mol. The van der Waals surface area contributed by atoms with Crippen molar-refractivity contribution in [1.29, 1.82) is 0 Å². The minimum absolute atomic E-state index is 0.168. The van der Waals surface area contributed by atoms with Crippen LogP contribution < -0.4 is 5.32 Å². The van der Waals surface area contributed by atoms with Gasteiger partial charge in [0.05, 0.1) is 17.8 Å². The summed E-state index contributed by atoms with van der Waals surface area (Å²) in [6.07, 6.45) is 4.99. The largest absolute Gasteiger partial charge is 0.309 e. The molecule has 3 heteroatoms. The van der Waals surface area contributed by atoms with Gasteiger partial charge in [0.2, 0.25) is 0 Å². The molecule has 2 heterocycles. The van der Waals surface area contributed by atoms with Gasteiger partial charge in [-0.05, 0) is 36.7 Å². The molecule has 0 aliphatic rings. The number of rotatable bonds is 4. The molecule has 3 nitrogen and oxygen atoms in total. The second-order valence-corrected chi connectivity index (χ2v) is 4.95. The van der Waals surface area contributed by atoms with E-state index >= 15 is 0 Å². The number of nitrogens with one attached hydrogen (secondary N) is 1. The minimum Gasteiger partial charge on any atom is -0.309 e. The van der Waals surface area contributed by atoms with Gasteiger partial charge in [0.25, 0.3) is 0 Å². The lowest BCUT2D eigenvalue weighted by molar-refractivity contribution is 0.695. The standard InChI is InChI=1S/C17H19N3/c1-3-13-7-6-8-14(11-13)17(18-2)15-12-19-20-10-5-4-9-16(15)20/h4-12,17-18H,3H2,1-2H3. The lowest BCUT2D eigenvalue weighted by Gasteiger charge is -2.16. The van der Waals surface area contributed by atoms with E-state index in [1.165, 1.54) is 16.7 Å². The average molecular weight is 265 g/mol. The Kier molecular flexibility index (Phi) is 3.52. The SMILES string of the molecule is CCc1cccc(C(NC)c2cnn3ccccc23)c1. The van der Waals surface area contributed by atoms with Gasteiger partial charge in [-0.3, -0.25) is 0 Å². The van der Waals surface area contributed by atoms with Crippen LogP contribution in [0, 0.1) is 0 Å². The molecule has 2 aromatic heterocycles. The van der Waals surface area contributed by atoms with Crippen LogP contribution in [-0.4, -0.2) is 16.7 Å². The summed E-state index contributed by atoms with van der Waals surface area (Å²) in [6, 6.07) is 15.1. The second kappa shape index (κ2) is 5.47.